The molecule has 0 aliphatic rings. The molecule has 0 saturated heterocycles. The molecule has 0 rings (SSSR count). The summed E-state index contributed by atoms with van der Waals surface area (Å²) in [6, 6.07) is 0. The topological polar surface area (TPSA) is 67.9 Å². The van der Waals surface area contributed by atoms with E-state index in [1.165, 1.54) is 12.0 Å². The van der Waals surface area contributed by atoms with Crippen molar-refractivity contribution in [3.63, 3.8) is 0 Å². The lowest BCUT2D eigenvalue weighted by atomic mass is 10.3. The molecular formula is C11H22N2O4. The number of carbonyl (C=O) groups excluding carboxylic acids is 2. The number of nitrogens with one attached hydrogen (secondary N) is 1. The van der Waals surface area contributed by atoms with Crippen molar-refractivity contribution in [2.24, 2.45) is 0 Å². The molecule has 0 atom stereocenters. The molecule has 0 spiro atoms. The largest absolute Gasteiger partial charge is 0.468 e. The minimum atomic E-state index is -0.399. The number of esters is 1. The van der Waals surface area contributed by atoms with Crippen molar-refractivity contribution in [1.82, 2.24) is 10.2 Å². The summed E-state index contributed by atoms with van der Waals surface area (Å²) in [6.45, 7) is 3.89. The summed E-state index contributed by atoms with van der Waals surface area (Å²) >= 11 is 0. The van der Waals surface area contributed by atoms with Crippen LogP contribution in [0.25, 0.3) is 0 Å². The predicted molar refractivity (Wildman–Crippen MR) is 63.6 cm³/mol. The van der Waals surface area contributed by atoms with Crippen molar-refractivity contribution in [3.05, 3.63) is 0 Å². The third-order valence-electron chi connectivity index (χ3n) is 2.15. The number of nitrogens with zero attached hydrogens (tertiary/aromatic N) is 1. The molecule has 1 amide bonds. The second kappa shape index (κ2) is 10.0. The Balaban J connectivity index is 4.01. The number of amides is 1. The van der Waals surface area contributed by atoms with Crippen LogP contribution in [0.5, 0.6) is 0 Å². The summed E-state index contributed by atoms with van der Waals surface area (Å²) in [5, 5.41) is 2.95. The van der Waals surface area contributed by atoms with Gasteiger partial charge in [-0.15, -0.1) is 0 Å². The van der Waals surface area contributed by atoms with Crippen molar-refractivity contribution in [2.75, 3.05) is 47.0 Å². The van der Waals surface area contributed by atoms with E-state index in [-0.39, 0.29) is 19.0 Å². The molecule has 0 bridgehead atoms. The molecule has 0 radical (unpaired) electrons. The number of hydrogen-bond donors (Lipinski definition) is 1. The van der Waals surface area contributed by atoms with Gasteiger partial charge in [-0.1, -0.05) is 6.92 Å². The van der Waals surface area contributed by atoms with Gasteiger partial charge in [0.25, 0.3) is 0 Å². The smallest absolute Gasteiger partial charge is 0.325 e. The van der Waals surface area contributed by atoms with Crippen LogP contribution in [0.1, 0.15) is 13.3 Å². The first-order chi connectivity index (χ1) is 8.15. The van der Waals surface area contributed by atoms with Crippen LogP contribution in [-0.4, -0.2) is 63.8 Å². The zero-order valence-corrected chi connectivity index (χ0v) is 10.8. The molecule has 0 heterocycles. The van der Waals surface area contributed by atoms with E-state index >= 15 is 0 Å². The van der Waals surface area contributed by atoms with Crippen molar-refractivity contribution in [2.45, 2.75) is 13.3 Å². The Kier molecular flexibility index (Phi) is 9.37. The highest BCUT2D eigenvalue weighted by Gasteiger charge is 2.15. The molecule has 1 N–H and O–H groups in total. The highest BCUT2D eigenvalue weighted by atomic mass is 16.5. The van der Waals surface area contributed by atoms with Gasteiger partial charge in [0.15, 0.2) is 0 Å². The van der Waals surface area contributed by atoms with Gasteiger partial charge in [-0.3, -0.25) is 9.59 Å². The first-order valence-corrected chi connectivity index (χ1v) is 5.69. The minimum absolute atomic E-state index is 0.00906. The average Bonchev–Trinajstić information content (AvgIpc) is 2.33. The van der Waals surface area contributed by atoms with E-state index in [2.05, 4.69) is 10.1 Å². The van der Waals surface area contributed by atoms with Crippen molar-refractivity contribution in [1.29, 1.82) is 0 Å². The van der Waals surface area contributed by atoms with E-state index < -0.39 is 5.97 Å². The monoisotopic (exact) mass is 246 g/mol. The van der Waals surface area contributed by atoms with Gasteiger partial charge in [0.2, 0.25) is 5.91 Å². The first-order valence-electron chi connectivity index (χ1n) is 5.69. The number of methoxy groups -OCH3 is 2. The van der Waals surface area contributed by atoms with Crippen molar-refractivity contribution < 1.29 is 19.1 Å². The molecule has 6 heteroatoms. The van der Waals surface area contributed by atoms with Gasteiger partial charge in [-0.2, -0.15) is 0 Å². The lowest BCUT2D eigenvalue weighted by Gasteiger charge is -2.20. The molecule has 0 aromatic heterocycles. The van der Waals surface area contributed by atoms with Gasteiger partial charge >= 0.3 is 5.97 Å². The molecule has 6 nitrogen and oxygen atoms in total. The Morgan fingerprint density at radius 1 is 1.29 bits per heavy atom. The predicted octanol–water partition coefficient (Wildman–Crippen LogP) is -0.366. The summed E-state index contributed by atoms with van der Waals surface area (Å²) in [5.74, 6) is -0.503. The molecule has 0 aromatic rings. The summed E-state index contributed by atoms with van der Waals surface area (Å²) in [6.07, 6.45) is 0.806. The third-order valence-corrected chi connectivity index (χ3v) is 2.15. The fraction of sp³-hybridized carbons (Fsp3) is 0.818. The molecule has 0 fully saturated rings. The summed E-state index contributed by atoms with van der Waals surface area (Å²) in [5.41, 5.74) is 0. The fourth-order valence-corrected chi connectivity index (χ4v) is 1.26. The van der Waals surface area contributed by atoms with Gasteiger partial charge in [-0.25, -0.2) is 0 Å². The van der Waals surface area contributed by atoms with Gasteiger partial charge < -0.3 is 19.7 Å². The maximum atomic E-state index is 11.8. The van der Waals surface area contributed by atoms with Crippen LogP contribution in [0.2, 0.25) is 0 Å². The fourth-order valence-electron chi connectivity index (χ4n) is 1.26. The van der Waals surface area contributed by atoms with Crippen LogP contribution in [0, 0.1) is 0 Å². The molecule has 0 aliphatic heterocycles. The van der Waals surface area contributed by atoms with Gasteiger partial charge in [0.1, 0.15) is 6.54 Å². The number of rotatable bonds is 9. The lowest BCUT2D eigenvalue weighted by Crippen LogP contribution is -2.42. The Morgan fingerprint density at radius 2 is 2.00 bits per heavy atom. The minimum Gasteiger partial charge on any atom is -0.468 e. The number of ether oxygens (including phenoxy) is 2. The third kappa shape index (κ3) is 7.70. The second-order valence-corrected chi connectivity index (χ2v) is 3.56. The zero-order valence-electron chi connectivity index (χ0n) is 10.8. The van der Waals surface area contributed by atoms with Crippen LogP contribution in [-0.2, 0) is 19.1 Å². The van der Waals surface area contributed by atoms with E-state index in [9.17, 15) is 9.59 Å². The van der Waals surface area contributed by atoms with E-state index in [1.807, 2.05) is 6.92 Å². The van der Waals surface area contributed by atoms with Crippen LogP contribution < -0.4 is 5.32 Å². The maximum absolute atomic E-state index is 11.8. The van der Waals surface area contributed by atoms with E-state index in [0.29, 0.717) is 19.7 Å². The lowest BCUT2D eigenvalue weighted by molar-refractivity contribution is -0.146. The van der Waals surface area contributed by atoms with Gasteiger partial charge in [0, 0.05) is 20.2 Å². The standard InChI is InChI=1S/C11H22N2O4/c1-4-6-13(9-11(15)17-3)10(14)8-12-5-7-16-2/h12H,4-9H2,1-3H3. The quantitative estimate of drug-likeness (QED) is 0.444. The zero-order chi connectivity index (χ0) is 13.1. The highest BCUT2D eigenvalue weighted by molar-refractivity contribution is 5.83. The molecule has 0 aliphatic carbocycles. The molecule has 0 saturated carbocycles. The molecular weight excluding hydrogens is 224 g/mol. The Bertz CT molecular complexity index is 234. The van der Waals surface area contributed by atoms with Crippen molar-refractivity contribution >= 4 is 11.9 Å². The van der Waals surface area contributed by atoms with Gasteiger partial charge in [0.05, 0.1) is 20.3 Å². The number of carbonyl (C=O) groups is 2. The number of hydrogen-bond acceptors (Lipinski definition) is 5. The van der Waals surface area contributed by atoms with Crippen LogP contribution in [0.3, 0.4) is 0 Å². The average molecular weight is 246 g/mol. The Morgan fingerprint density at radius 3 is 2.53 bits per heavy atom. The maximum Gasteiger partial charge on any atom is 0.325 e. The van der Waals surface area contributed by atoms with E-state index in [1.54, 1.807) is 7.11 Å². The van der Waals surface area contributed by atoms with Crippen LogP contribution in [0.15, 0.2) is 0 Å². The second-order valence-electron chi connectivity index (χ2n) is 3.56. The summed E-state index contributed by atoms with van der Waals surface area (Å²) < 4.78 is 9.40. The molecule has 0 aromatic carbocycles. The van der Waals surface area contributed by atoms with Crippen LogP contribution >= 0.6 is 0 Å². The molecule has 0 unspecified atom stereocenters. The van der Waals surface area contributed by atoms with E-state index in [4.69, 9.17) is 4.74 Å². The van der Waals surface area contributed by atoms with Crippen LogP contribution in [0.4, 0.5) is 0 Å². The van der Waals surface area contributed by atoms with E-state index in [0.717, 1.165) is 6.42 Å². The SMILES string of the molecule is CCCN(CC(=O)OC)C(=O)CNCCOC. The summed E-state index contributed by atoms with van der Waals surface area (Å²) in [7, 11) is 2.91. The first kappa shape index (κ1) is 15.9. The summed E-state index contributed by atoms with van der Waals surface area (Å²) in [4.78, 5) is 24.4. The normalized spacial score (nSPS) is 10.1. The van der Waals surface area contributed by atoms with Gasteiger partial charge in [-0.05, 0) is 6.42 Å². The Hall–Kier alpha value is -1.14. The highest BCUT2D eigenvalue weighted by Crippen LogP contribution is 1.93. The Labute approximate surface area is 102 Å². The molecule has 17 heavy (non-hydrogen) atoms. The van der Waals surface area contributed by atoms with Crippen molar-refractivity contribution in [3.8, 4) is 0 Å². The molecule has 100 valence electrons.